The van der Waals surface area contributed by atoms with Crippen molar-refractivity contribution in [1.29, 1.82) is 0 Å². The minimum absolute atomic E-state index is 0.108. The molecule has 0 spiro atoms. The van der Waals surface area contributed by atoms with E-state index < -0.39 is 11.9 Å². The topological polar surface area (TPSA) is 136 Å². The van der Waals surface area contributed by atoms with Gasteiger partial charge in [-0.15, -0.1) is 0 Å². The van der Waals surface area contributed by atoms with Gasteiger partial charge in [-0.05, 0) is 40.5 Å². The third kappa shape index (κ3) is 28.0. The number of aliphatic hydroxyl groups excluding tert-OH is 2. The molecule has 0 fully saturated rings. The van der Waals surface area contributed by atoms with E-state index >= 15 is 0 Å². The van der Waals surface area contributed by atoms with Crippen LogP contribution in [0.3, 0.4) is 0 Å². The summed E-state index contributed by atoms with van der Waals surface area (Å²) in [5, 5.41) is 20.6. The van der Waals surface area contributed by atoms with Crippen LogP contribution in [0.1, 0.15) is 221 Å². The lowest BCUT2D eigenvalue weighted by molar-refractivity contribution is -0.139. The number of unbranched alkanes of at least 4 members (excludes halogenated alkanes) is 26. The highest BCUT2D eigenvalue weighted by atomic mass is 16.5. The van der Waals surface area contributed by atoms with Gasteiger partial charge in [0.2, 0.25) is 0 Å². The van der Waals surface area contributed by atoms with Crippen molar-refractivity contribution in [3.8, 4) is 11.5 Å². The SMILES string of the molecule is CCCCCCCCCCCCCCCCOc1cc(N=C/C(C(=O)OCC)=C(/C)O)c(N=C/C(C(=O)OCC)=C(/C)O)cc1OCCCCCCCCCCCCCCCC. The fourth-order valence-corrected chi connectivity index (χ4v) is 7.20. The van der Waals surface area contributed by atoms with Crippen molar-refractivity contribution in [1.82, 2.24) is 0 Å². The highest BCUT2D eigenvalue weighted by Gasteiger charge is 2.17. The Morgan fingerprint density at radius 1 is 0.452 bits per heavy atom. The van der Waals surface area contributed by atoms with Crippen LogP contribution in [0.5, 0.6) is 11.5 Å². The second-order valence-corrected chi connectivity index (χ2v) is 16.6. The van der Waals surface area contributed by atoms with Crippen LogP contribution in [0.25, 0.3) is 0 Å². The molecule has 62 heavy (non-hydrogen) atoms. The molecule has 0 heterocycles. The van der Waals surface area contributed by atoms with Gasteiger partial charge in [-0.25, -0.2) is 9.59 Å². The molecule has 10 heteroatoms. The summed E-state index contributed by atoms with van der Waals surface area (Å²) in [7, 11) is 0. The molecule has 0 aliphatic carbocycles. The number of nitrogens with zero attached hydrogens (tertiary/aromatic N) is 2. The summed E-state index contributed by atoms with van der Waals surface area (Å²) in [5.41, 5.74) is 0.372. The third-order valence-electron chi connectivity index (χ3n) is 11.0. The summed E-state index contributed by atoms with van der Waals surface area (Å²) in [6.07, 6.45) is 38.0. The first-order chi connectivity index (χ1) is 30.2. The van der Waals surface area contributed by atoms with Gasteiger partial charge >= 0.3 is 11.9 Å². The van der Waals surface area contributed by atoms with Gasteiger partial charge in [-0.3, -0.25) is 9.98 Å². The highest BCUT2D eigenvalue weighted by Crippen LogP contribution is 2.40. The number of ether oxygens (including phenoxy) is 4. The molecule has 0 aromatic heterocycles. The number of rotatable bonds is 40. The highest BCUT2D eigenvalue weighted by molar-refractivity contribution is 6.11. The Balaban J connectivity index is 3.06. The van der Waals surface area contributed by atoms with Crippen molar-refractivity contribution in [2.45, 2.75) is 221 Å². The predicted octanol–water partition coefficient (Wildman–Crippen LogP) is 15.6. The van der Waals surface area contributed by atoms with E-state index in [-0.39, 0.29) is 35.9 Å². The molecule has 1 aromatic rings. The molecule has 0 amide bonds. The molecule has 1 rings (SSSR count). The smallest absolute Gasteiger partial charge is 0.343 e. The molecular weight excluding hydrogens is 781 g/mol. The minimum Gasteiger partial charge on any atom is -0.512 e. The molecule has 0 aliphatic heterocycles. The second-order valence-electron chi connectivity index (χ2n) is 16.6. The quantitative estimate of drug-likeness (QED) is 0.0219. The average molecular weight is 869 g/mol. The second kappa shape index (κ2) is 38.8. The summed E-state index contributed by atoms with van der Waals surface area (Å²) in [5.74, 6) is -0.957. The summed E-state index contributed by atoms with van der Waals surface area (Å²) in [6.45, 7) is 11.9. The standard InChI is InChI=1S/C52H88N2O8/c1-7-11-13-15-17-19-21-23-25-27-29-31-33-35-37-61-49-39-47(53-41-45(43(5)55)51(57)59-9-3)48(54-42-46(44(6)56)52(58)60-10-4)40-50(49)62-38-36-34-32-30-28-26-24-22-20-18-16-14-12-8-2/h39-42,55-56H,7-38H2,1-6H3/b45-43+,46-44+,53-41?,54-42?. The van der Waals surface area contributed by atoms with Gasteiger partial charge < -0.3 is 29.2 Å². The number of carbonyl (C=O) groups is 2. The van der Waals surface area contributed by atoms with Crippen LogP contribution < -0.4 is 9.47 Å². The monoisotopic (exact) mass is 869 g/mol. The van der Waals surface area contributed by atoms with E-state index in [1.165, 1.54) is 168 Å². The van der Waals surface area contributed by atoms with Gasteiger partial charge in [0.1, 0.15) is 22.7 Å². The van der Waals surface area contributed by atoms with E-state index in [9.17, 15) is 19.8 Å². The number of hydrogen-bond donors (Lipinski definition) is 2. The molecule has 2 N–H and O–H groups in total. The number of benzene rings is 1. The maximum Gasteiger partial charge on any atom is 0.343 e. The molecule has 0 bridgehead atoms. The van der Waals surface area contributed by atoms with E-state index in [1.54, 1.807) is 26.0 Å². The molecule has 0 atom stereocenters. The normalized spacial score (nSPS) is 12.5. The van der Waals surface area contributed by atoms with Gasteiger partial charge in [0.15, 0.2) is 11.5 Å². The lowest BCUT2D eigenvalue weighted by Crippen LogP contribution is -2.11. The maximum absolute atomic E-state index is 12.6. The van der Waals surface area contributed by atoms with Crippen LogP contribution in [0, 0.1) is 0 Å². The molecule has 0 radical (unpaired) electrons. The number of esters is 2. The Hall–Kier alpha value is -3.82. The van der Waals surface area contributed by atoms with E-state index in [0.717, 1.165) is 38.5 Å². The van der Waals surface area contributed by atoms with Crippen LogP contribution in [0.4, 0.5) is 11.4 Å². The first-order valence-corrected chi connectivity index (χ1v) is 24.9. The molecular formula is C52H88N2O8. The van der Waals surface area contributed by atoms with Gasteiger partial charge in [0.25, 0.3) is 0 Å². The van der Waals surface area contributed by atoms with Crippen molar-refractivity contribution in [3.05, 3.63) is 34.8 Å². The van der Waals surface area contributed by atoms with Crippen molar-refractivity contribution in [2.24, 2.45) is 9.98 Å². The Bertz CT molecular complexity index is 1340. The van der Waals surface area contributed by atoms with Crippen LogP contribution in [-0.4, -0.2) is 61.0 Å². The zero-order valence-electron chi connectivity index (χ0n) is 40.2. The first kappa shape index (κ1) is 56.2. The van der Waals surface area contributed by atoms with E-state index in [4.69, 9.17) is 18.9 Å². The third-order valence-corrected chi connectivity index (χ3v) is 11.0. The molecule has 354 valence electrons. The van der Waals surface area contributed by atoms with Gasteiger partial charge in [-0.2, -0.15) is 0 Å². The van der Waals surface area contributed by atoms with Crippen LogP contribution in [0.2, 0.25) is 0 Å². The molecule has 0 aliphatic rings. The lowest BCUT2D eigenvalue weighted by atomic mass is 10.0. The summed E-state index contributed by atoms with van der Waals surface area (Å²) >= 11 is 0. The molecule has 1 aromatic carbocycles. The van der Waals surface area contributed by atoms with Gasteiger partial charge in [-0.1, -0.05) is 181 Å². The van der Waals surface area contributed by atoms with E-state index in [0.29, 0.717) is 36.1 Å². The largest absolute Gasteiger partial charge is 0.512 e. The Morgan fingerprint density at radius 3 is 0.952 bits per heavy atom. The Morgan fingerprint density at radius 2 is 0.710 bits per heavy atom. The number of carbonyl (C=O) groups excluding carboxylic acids is 2. The summed E-state index contributed by atoms with van der Waals surface area (Å²) in [6, 6.07) is 3.39. The Labute approximate surface area is 377 Å². The average Bonchev–Trinajstić information content (AvgIpc) is 3.24. The first-order valence-electron chi connectivity index (χ1n) is 24.9. The predicted molar refractivity (Wildman–Crippen MR) is 258 cm³/mol. The number of allylic oxidation sites excluding steroid dienone is 2. The summed E-state index contributed by atoms with van der Waals surface area (Å²) in [4.78, 5) is 34.4. The van der Waals surface area contributed by atoms with Gasteiger partial charge in [0.05, 0.1) is 37.8 Å². The van der Waals surface area contributed by atoms with E-state index in [2.05, 4.69) is 23.8 Å². The minimum atomic E-state index is -0.716. The zero-order chi connectivity index (χ0) is 45.5. The maximum atomic E-state index is 12.6. The van der Waals surface area contributed by atoms with Gasteiger partial charge in [0, 0.05) is 24.6 Å². The summed E-state index contributed by atoms with van der Waals surface area (Å²) < 4.78 is 23.0. The van der Waals surface area contributed by atoms with E-state index in [1.807, 2.05) is 0 Å². The van der Waals surface area contributed by atoms with Crippen LogP contribution in [-0.2, 0) is 19.1 Å². The molecule has 0 unspecified atom stereocenters. The Kier molecular flexibility index (Phi) is 35.2. The fraction of sp³-hybridized carbons (Fsp3) is 0.731. The molecule has 10 nitrogen and oxygen atoms in total. The molecule has 0 saturated heterocycles. The molecule has 0 saturated carbocycles. The van der Waals surface area contributed by atoms with Crippen molar-refractivity contribution >= 4 is 35.7 Å². The number of aliphatic hydroxyl groups is 2. The fourth-order valence-electron chi connectivity index (χ4n) is 7.20. The lowest BCUT2D eigenvalue weighted by Gasteiger charge is -2.15. The van der Waals surface area contributed by atoms with Crippen molar-refractivity contribution in [3.63, 3.8) is 0 Å². The van der Waals surface area contributed by atoms with Crippen molar-refractivity contribution in [2.75, 3.05) is 26.4 Å². The number of aliphatic imine (C=N–C) groups is 2. The van der Waals surface area contributed by atoms with Crippen LogP contribution >= 0.6 is 0 Å². The zero-order valence-corrected chi connectivity index (χ0v) is 40.2. The number of hydrogen-bond acceptors (Lipinski definition) is 10. The van der Waals surface area contributed by atoms with Crippen LogP contribution in [0.15, 0.2) is 44.8 Å². The van der Waals surface area contributed by atoms with Crippen molar-refractivity contribution < 1.29 is 38.7 Å².